The third-order valence-corrected chi connectivity index (χ3v) is 5.60. The maximum absolute atomic E-state index is 12.6. The van der Waals surface area contributed by atoms with Crippen LogP contribution in [-0.2, 0) is 20.9 Å². The fourth-order valence-electron chi connectivity index (χ4n) is 4.04. The normalized spacial score (nSPS) is 17.5. The van der Waals surface area contributed by atoms with Crippen LogP contribution in [0.2, 0.25) is 0 Å². The number of aldehydes is 1. The summed E-state index contributed by atoms with van der Waals surface area (Å²) in [5.74, 6) is 0.0165. The lowest BCUT2D eigenvalue weighted by atomic mass is 9.82. The lowest BCUT2D eigenvalue weighted by Gasteiger charge is -2.31. The summed E-state index contributed by atoms with van der Waals surface area (Å²) in [6.45, 7) is 3.91. The number of rotatable bonds is 7. The molecule has 6 nitrogen and oxygen atoms in total. The summed E-state index contributed by atoms with van der Waals surface area (Å²) in [6.07, 6.45) is 8.58. The average Bonchev–Trinajstić information content (AvgIpc) is 2.80. The second kappa shape index (κ2) is 14.0. The number of amides is 2. The van der Waals surface area contributed by atoms with Crippen molar-refractivity contribution in [3.63, 3.8) is 0 Å². The van der Waals surface area contributed by atoms with E-state index in [0.717, 1.165) is 54.3 Å². The lowest BCUT2D eigenvalue weighted by molar-refractivity contribution is -0.120. The first-order chi connectivity index (χ1) is 15.9. The summed E-state index contributed by atoms with van der Waals surface area (Å²) < 4.78 is 0. The first-order valence-electron chi connectivity index (χ1n) is 11.5. The third kappa shape index (κ3) is 9.41. The second-order valence-electron chi connectivity index (χ2n) is 8.30. The standard InChI is InChI=1S/C25H31N3O2.C2H4O/c1-18-6-4-7-19(14-18)12-13-24(29)28-23-11-3-2-9-21(23)16-25(30)27-22-10-5-8-20(15-22)17-26;1-2-3/h4-8,10,12-15,21,23H,2-3,9,11,16-17,26H2,1H3,(H,27,30)(H,28,29);2H,1H3/b13-12+;. The molecule has 0 radical (unpaired) electrons. The van der Waals surface area contributed by atoms with Gasteiger partial charge in [0.15, 0.2) is 0 Å². The summed E-state index contributed by atoms with van der Waals surface area (Å²) in [5.41, 5.74) is 9.59. The molecule has 0 saturated heterocycles. The summed E-state index contributed by atoms with van der Waals surface area (Å²) in [5, 5.41) is 6.09. The van der Waals surface area contributed by atoms with Crippen LogP contribution in [0.15, 0.2) is 54.6 Å². The van der Waals surface area contributed by atoms with Gasteiger partial charge >= 0.3 is 0 Å². The van der Waals surface area contributed by atoms with E-state index >= 15 is 0 Å². The van der Waals surface area contributed by atoms with Crippen LogP contribution >= 0.6 is 0 Å². The molecule has 3 rings (SSSR count). The molecule has 2 aromatic rings. The molecular formula is C27H35N3O3. The molecule has 2 amide bonds. The maximum Gasteiger partial charge on any atom is 0.244 e. The molecule has 0 bridgehead atoms. The minimum Gasteiger partial charge on any atom is -0.350 e. The SMILES string of the molecule is CC=O.Cc1cccc(/C=C/C(=O)NC2CCCCC2CC(=O)Nc2cccc(CN)c2)c1. The van der Waals surface area contributed by atoms with Crippen molar-refractivity contribution in [3.05, 3.63) is 71.3 Å². The molecule has 1 fully saturated rings. The Morgan fingerprint density at radius 3 is 2.55 bits per heavy atom. The first kappa shape index (κ1) is 26.0. The predicted molar refractivity (Wildman–Crippen MR) is 133 cm³/mol. The van der Waals surface area contributed by atoms with E-state index < -0.39 is 0 Å². The molecule has 1 aliphatic rings. The minimum absolute atomic E-state index is 0.0226. The highest BCUT2D eigenvalue weighted by Gasteiger charge is 2.28. The van der Waals surface area contributed by atoms with Crippen molar-refractivity contribution in [2.75, 3.05) is 5.32 Å². The van der Waals surface area contributed by atoms with Crippen molar-refractivity contribution in [1.29, 1.82) is 0 Å². The Hall–Kier alpha value is -3.25. The largest absolute Gasteiger partial charge is 0.350 e. The Labute approximate surface area is 196 Å². The van der Waals surface area contributed by atoms with Crippen LogP contribution in [0.25, 0.3) is 6.08 Å². The number of nitrogens with two attached hydrogens (primary N) is 1. The molecule has 0 heterocycles. The topological polar surface area (TPSA) is 101 Å². The zero-order valence-electron chi connectivity index (χ0n) is 19.6. The summed E-state index contributed by atoms with van der Waals surface area (Å²) >= 11 is 0. The summed E-state index contributed by atoms with van der Waals surface area (Å²) in [6, 6.07) is 15.6. The first-order valence-corrected chi connectivity index (χ1v) is 11.5. The zero-order valence-corrected chi connectivity index (χ0v) is 19.6. The maximum atomic E-state index is 12.6. The van der Waals surface area contributed by atoms with Gasteiger partial charge in [0.2, 0.25) is 11.8 Å². The molecule has 1 saturated carbocycles. The number of carbonyl (C=O) groups is 3. The van der Waals surface area contributed by atoms with E-state index in [1.54, 1.807) is 6.08 Å². The van der Waals surface area contributed by atoms with E-state index in [9.17, 15) is 9.59 Å². The van der Waals surface area contributed by atoms with Gasteiger partial charge in [-0.05, 0) is 61.9 Å². The van der Waals surface area contributed by atoms with Crippen molar-refractivity contribution in [1.82, 2.24) is 5.32 Å². The molecular weight excluding hydrogens is 414 g/mol. The van der Waals surface area contributed by atoms with Gasteiger partial charge in [0.1, 0.15) is 6.29 Å². The molecule has 0 aliphatic heterocycles. The highest BCUT2D eigenvalue weighted by atomic mass is 16.2. The Morgan fingerprint density at radius 2 is 1.82 bits per heavy atom. The van der Waals surface area contributed by atoms with Crippen LogP contribution in [0.5, 0.6) is 0 Å². The quantitative estimate of drug-likeness (QED) is 0.431. The highest BCUT2D eigenvalue weighted by molar-refractivity contribution is 5.92. The number of benzene rings is 2. The average molecular weight is 450 g/mol. The van der Waals surface area contributed by atoms with E-state index in [2.05, 4.69) is 10.6 Å². The Kier molecular flexibility index (Phi) is 11.0. The van der Waals surface area contributed by atoms with Crippen LogP contribution in [0, 0.1) is 12.8 Å². The Balaban J connectivity index is 0.00000122. The molecule has 176 valence electrons. The monoisotopic (exact) mass is 449 g/mol. The zero-order chi connectivity index (χ0) is 24.1. The number of carbonyl (C=O) groups excluding carboxylic acids is 3. The van der Waals surface area contributed by atoms with E-state index in [-0.39, 0.29) is 23.8 Å². The van der Waals surface area contributed by atoms with Crippen LogP contribution < -0.4 is 16.4 Å². The van der Waals surface area contributed by atoms with Crippen LogP contribution in [0.4, 0.5) is 5.69 Å². The van der Waals surface area contributed by atoms with Crippen molar-refractivity contribution >= 4 is 29.9 Å². The van der Waals surface area contributed by atoms with Crippen molar-refractivity contribution in [2.45, 2.75) is 58.5 Å². The van der Waals surface area contributed by atoms with Gasteiger partial charge in [0.05, 0.1) is 0 Å². The molecule has 0 spiro atoms. The minimum atomic E-state index is -0.107. The van der Waals surface area contributed by atoms with Gasteiger partial charge in [-0.15, -0.1) is 0 Å². The fraction of sp³-hybridized carbons (Fsp3) is 0.370. The van der Waals surface area contributed by atoms with Crippen molar-refractivity contribution in [3.8, 4) is 0 Å². The van der Waals surface area contributed by atoms with Gasteiger partial charge in [-0.3, -0.25) is 9.59 Å². The summed E-state index contributed by atoms with van der Waals surface area (Å²) in [4.78, 5) is 33.8. The number of hydrogen-bond donors (Lipinski definition) is 3. The van der Waals surface area contributed by atoms with Crippen LogP contribution in [0.1, 0.15) is 55.7 Å². The fourth-order valence-corrected chi connectivity index (χ4v) is 4.04. The lowest BCUT2D eigenvalue weighted by Crippen LogP contribution is -2.42. The van der Waals surface area contributed by atoms with Gasteiger partial charge in [-0.1, -0.05) is 54.8 Å². The number of nitrogens with one attached hydrogen (secondary N) is 2. The van der Waals surface area contributed by atoms with Crippen LogP contribution in [-0.4, -0.2) is 24.1 Å². The van der Waals surface area contributed by atoms with Gasteiger partial charge in [0, 0.05) is 30.8 Å². The smallest absolute Gasteiger partial charge is 0.244 e. The summed E-state index contributed by atoms with van der Waals surface area (Å²) in [7, 11) is 0. The van der Waals surface area contributed by atoms with Gasteiger partial charge in [0.25, 0.3) is 0 Å². The van der Waals surface area contributed by atoms with Gasteiger partial charge in [-0.25, -0.2) is 0 Å². The molecule has 33 heavy (non-hydrogen) atoms. The molecule has 1 aliphatic carbocycles. The molecule has 2 atom stereocenters. The van der Waals surface area contributed by atoms with E-state index in [1.807, 2.05) is 61.5 Å². The number of hydrogen-bond acceptors (Lipinski definition) is 4. The van der Waals surface area contributed by atoms with E-state index in [1.165, 1.54) is 6.92 Å². The third-order valence-electron chi connectivity index (χ3n) is 5.60. The van der Waals surface area contributed by atoms with E-state index in [4.69, 9.17) is 10.5 Å². The van der Waals surface area contributed by atoms with Gasteiger partial charge in [-0.2, -0.15) is 0 Å². The van der Waals surface area contributed by atoms with Crippen molar-refractivity contribution < 1.29 is 14.4 Å². The molecule has 2 unspecified atom stereocenters. The molecule has 6 heteroatoms. The van der Waals surface area contributed by atoms with Gasteiger partial charge < -0.3 is 21.2 Å². The molecule has 0 aromatic heterocycles. The predicted octanol–water partition coefficient (Wildman–Crippen LogP) is 4.38. The van der Waals surface area contributed by atoms with Crippen molar-refractivity contribution in [2.24, 2.45) is 11.7 Å². The molecule has 4 N–H and O–H groups in total. The van der Waals surface area contributed by atoms with E-state index in [0.29, 0.717) is 13.0 Å². The Morgan fingerprint density at radius 1 is 1.09 bits per heavy atom. The number of anilines is 1. The Bertz CT molecular complexity index is 955. The number of aryl methyl sites for hydroxylation is 1. The van der Waals surface area contributed by atoms with Crippen LogP contribution in [0.3, 0.4) is 0 Å². The molecule has 2 aromatic carbocycles. The highest BCUT2D eigenvalue weighted by Crippen LogP contribution is 2.27. The second-order valence-corrected chi connectivity index (χ2v) is 8.30.